The summed E-state index contributed by atoms with van der Waals surface area (Å²) < 4.78 is 13.0. The normalized spacial score (nSPS) is 21.6. The number of aliphatic hydroxyl groups is 1. The van der Waals surface area contributed by atoms with Gasteiger partial charge in [0.1, 0.15) is 5.82 Å². The molecule has 2 aromatic carbocycles. The minimum Gasteiger partial charge on any atom is -0.363 e. The van der Waals surface area contributed by atoms with Gasteiger partial charge in [-0.1, -0.05) is 30.3 Å². The van der Waals surface area contributed by atoms with Crippen LogP contribution in [-0.4, -0.2) is 23.0 Å². The highest BCUT2D eigenvalue weighted by atomic mass is 19.1. The first-order valence-electron chi connectivity index (χ1n) is 5.91. The van der Waals surface area contributed by atoms with E-state index in [1.54, 1.807) is 24.3 Å². The van der Waals surface area contributed by atoms with Gasteiger partial charge in [-0.15, -0.1) is 0 Å². The van der Waals surface area contributed by atoms with Crippen molar-refractivity contribution in [1.29, 1.82) is 0 Å². The molecule has 3 rings (SSSR count). The zero-order chi connectivity index (χ0) is 13.6. The molecule has 1 amide bonds. The van der Waals surface area contributed by atoms with Crippen LogP contribution >= 0.6 is 0 Å². The van der Waals surface area contributed by atoms with Crippen molar-refractivity contribution in [2.45, 2.75) is 5.72 Å². The van der Waals surface area contributed by atoms with E-state index in [-0.39, 0.29) is 11.7 Å². The van der Waals surface area contributed by atoms with E-state index in [9.17, 15) is 14.3 Å². The number of hydrogen-bond acceptors (Lipinski definition) is 2. The molecule has 0 aliphatic carbocycles. The Labute approximate surface area is 109 Å². The first-order chi connectivity index (χ1) is 9.05. The lowest BCUT2D eigenvalue weighted by Crippen LogP contribution is -2.41. The molecule has 4 heteroatoms. The number of carbonyl (C=O) groups is 1. The van der Waals surface area contributed by atoms with Crippen LogP contribution in [0, 0.1) is 5.82 Å². The zero-order valence-corrected chi connectivity index (χ0v) is 10.3. The molecule has 0 saturated carbocycles. The van der Waals surface area contributed by atoms with Gasteiger partial charge in [0.25, 0.3) is 5.91 Å². The van der Waals surface area contributed by atoms with Gasteiger partial charge in [0.15, 0.2) is 5.72 Å². The van der Waals surface area contributed by atoms with Gasteiger partial charge in [0.2, 0.25) is 0 Å². The highest BCUT2D eigenvalue weighted by Crippen LogP contribution is 2.40. The second-order valence-corrected chi connectivity index (χ2v) is 4.59. The summed E-state index contributed by atoms with van der Waals surface area (Å²) in [5.41, 5.74) is -0.0814. The van der Waals surface area contributed by atoms with Crippen molar-refractivity contribution in [2.24, 2.45) is 0 Å². The van der Waals surface area contributed by atoms with Crippen molar-refractivity contribution in [3.63, 3.8) is 0 Å². The summed E-state index contributed by atoms with van der Waals surface area (Å²) in [5.74, 6) is -0.630. The van der Waals surface area contributed by atoms with Crippen LogP contribution in [-0.2, 0) is 5.72 Å². The lowest BCUT2D eigenvalue weighted by Gasteiger charge is -2.31. The van der Waals surface area contributed by atoms with Crippen LogP contribution < -0.4 is 0 Å². The maximum absolute atomic E-state index is 13.0. The molecule has 0 aromatic heterocycles. The Bertz CT molecular complexity index is 653. The van der Waals surface area contributed by atoms with Crippen LogP contribution in [0.5, 0.6) is 0 Å². The number of carbonyl (C=O) groups excluding carboxylic acids is 1. The molecule has 1 aliphatic rings. The molecular formula is C15H12FNO2. The largest absolute Gasteiger partial charge is 0.363 e. The van der Waals surface area contributed by atoms with E-state index in [2.05, 4.69) is 0 Å². The van der Waals surface area contributed by atoms with Crippen LogP contribution in [0.25, 0.3) is 0 Å². The molecule has 3 nitrogen and oxygen atoms in total. The van der Waals surface area contributed by atoms with E-state index in [0.717, 1.165) is 0 Å². The summed E-state index contributed by atoms with van der Waals surface area (Å²) in [6, 6.07) is 12.4. The van der Waals surface area contributed by atoms with Crippen LogP contribution in [0.4, 0.5) is 4.39 Å². The Kier molecular flexibility index (Phi) is 2.43. The second-order valence-electron chi connectivity index (χ2n) is 4.59. The van der Waals surface area contributed by atoms with Crippen LogP contribution in [0.15, 0.2) is 48.5 Å². The Hall–Kier alpha value is -2.20. The van der Waals surface area contributed by atoms with Gasteiger partial charge < -0.3 is 10.0 Å². The van der Waals surface area contributed by atoms with Crippen molar-refractivity contribution in [3.8, 4) is 0 Å². The van der Waals surface area contributed by atoms with E-state index in [1.807, 2.05) is 0 Å². The highest BCUT2D eigenvalue weighted by Gasteiger charge is 2.47. The Morgan fingerprint density at radius 3 is 2.42 bits per heavy atom. The Balaban J connectivity index is 2.23. The van der Waals surface area contributed by atoms with Gasteiger partial charge in [-0.25, -0.2) is 4.39 Å². The van der Waals surface area contributed by atoms with Crippen molar-refractivity contribution < 1.29 is 14.3 Å². The van der Waals surface area contributed by atoms with E-state index < -0.39 is 5.72 Å². The molecule has 96 valence electrons. The molecule has 19 heavy (non-hydrogen) atoms. The molecule has 1 heterocycles. The van der Waals surface area contributed by atoms with Gasteiger partial charge >= 0.3 is 0 Å². The smallest absolute Gasteiger partial charge is 0.256 e. The zero-order valence-electron chi connectivity index (χ0n) is 10.3. The molecule has 1 unspecified atom stereocenters. The molecule has 0 radical (unpaired) electrons. The summed E-state index contributed by atoms with van der Waals surface area (Å²) in [4.78, 5) is 13.4. The number of amides is 1. The molecule has 2 aromatic rings. The molecule has 0 spiro atoms. The summed E-state index contributed by atoms with van der Waals surface area (Å²) in [7, 11) is 1.53. The lowest BCUT2D eigenvalue weighted by atomic mass is 9.94. The Morgan fingerprint density at radius 1 is 1.11 bits per heavy atom. The van der Waals surface area contributed by atoms with Crippen LogP contribution in [0.1, 0.15) is 21.5 Å². The first-order valence-corrected chi connectivity index (χ1v) is 5.91. The third-order valence-electron chi connectivity index (χ3n) is 3.57. The maximum atomic E-state index is 13.0. The fourth-order valence-corrected chi connectivity index (χ4v) is 2.51. The summed E-state index contributed by atoms with van der Waals surface area (Å²) >= 11 is 0. The van der Waals surface area contributed by atoms with Crippen molar-refractivity contribution in [2.75, 3.05) is 7.05 Å². The molecule has 1 N–H and O–H groups in total. The van der Waals surface area contributed by atoms with E-state index in [1.165, 1.54) is 36.2 Å². The molecule has 1 atom stereocenters. The Morgan fingerprint density at radius 2 is 1.74 bits per heavy atom. The average Bonchev–Trinajstić information content (AvgIpc) is 2.63. The van der Waals surface area contributed by atoms with Gasteiger partial charge in [0, 0.05) is 23.7 Å². The monoisotopic (exact) mass is 257 g/mol. The minimum absolute atomic E-state index is 0.248. The fraction of sp³-hybridized carbons (Fsp3) is 0.133. The molecule has 0 fully saturated rings. The quantitative estimate of drug-likeness (QED) is 0.850. The van der Waals surface area contributed by atoms with Crippen molar-refractivity contribution in [1.82, 2.24) is 4.90 Å². The lowest BCUT2D eigenvalue weighted by molar-refractivity contribution is -0.0369. The van der Waals surface area contributed by atoms with Crippen molar-refractivity contribution >= 4 is 5.91 Å². The molecule has 0 bridgehead atoms. The van der Waals surface area contributed by atoms with Crippen molar-refractivity contribution in [3.05, 3.63) is 71.0 Å². The van der Waals surface area contributed by atoms with Crippen LogP contribution in [0.2, 0.25) is 0 Å². The number of halogens is 1. The summed E-state index contributed by atoms with van der Waals surface area (Å²) in [5, 5.41) is 10.9. The highest BCUT2D eigenvalue weighted by molar-refractivity contribution is 6.00. The number of benzene rings is 2. The van der Waals surface area contributed by atoms with E-state index in [0.29, 0.717) is 16.7 Å². The number of rotatable bonds is 1. The standard InChI is InChI=1S/C15H12FNO2/c1-17-14(18)12-4-2-3-5-13(12)15(17,19)10-6-8-11(16)9-7-10/h2-9,19H,1H3. The summed E-state index contributed by atoms with van der Waals surface area (Å²) in [6.07, 6.45) is 0. The molecule has 0 saturated heterocycles. The second kappa shape index (κ2) is 3.90. The SMILES string of the molecule is CN1C(=O)c2ccccc2C1(O)c1ccc(F)cc1. The molecular weight excluding hydrogens is 245 g/mol. The van der Waals surface area contributed by atoms with E-state index >= 15 is 0 Å². The average molecular weight is 257 g/mol. The first kappa shape index (κ1) is 11.9. The summed E-state index contributed by atoms with van der Waals surface area (Å²) in [6.45, 7) is 0. The third-order valence-corrected chi connectivity index (χ3v) is 3.57. The van der Waals surface area contributed by atoms with E-state index in [4.69, 9.17) is 0 Å². The van der Waals surface area contributed by atoms with Gasteiger partial charge in [-0.05, 0) is 18.2 Å². The number of hydrogen-bond donors (Lipinski definition) is 1. The predicted molar refractivity (Wildman–Crippen MR) is 67.9 cm³/mol. The number of nitrogens with zero attached hydrogens (tertiary/aromatic N) is 1. The fourth-order valence-electron chi connectivity index (χ4n) is 2.51. The number of fused-ring (bicyclic) bond motifs is 1. The predicted octanol–water partition coefficient (Wildman–Crippen LogP) is 2.10. The van der Waals surface area contributed by atoms with Crippen LogP contribution in [0.3, 0.4) is 0 Å². The topological polar surface area (TPSA) is 40.5 Å². The van der Waals surface area contributed by atoms with Gasteiger partial charge in [0.05, 0.1) is 0 Å². The van der Waals surface area contributed by atoms with Gasteiger partial charge in [-0.3, -0.25) is 4.79 Å². The maximum Gasteiger partial charge on any atom is 0.256 e. The third kappa shape index (κ3) is 1.50. The van der Waals surface area contributed by atoms with Gasteiger partial charge in [-0.2, -0.15) is 0 Å². The minimum atomic E-state index is -1.54. The molecule has 1 aliphatic heterocycles.